The molecule has 0 rings (SSSR count). The van der Waals surface area contributed by atoms with E-state index in [1.807, 2.05) is 33.0 Å². The first-order valence-electron chi connectivity index (χ1n) is 6.06. The highest BCUT2D eigenvalue weighted by Gasteiger charge is 1.91. The van der Waals surface area contributed by atoms with E-state index in [1.165, 1.54) is 0 Å². The van der Waals surface area contributed by atoms with Gasteiger partial charge in [-0.2, -0.15) is 0 Å². The maximum absolute atomic E-state index is 3.88. The molecular formula is C16H29N. The fraction of sp³-hybridized carbons (Fsp3) is 0.375. The van der Waals surface area contributed by atoms with Gasteiger partial charge in [0.2, 0.25) is 0 Å². The third-order valence-electron chi connectivity index (χ3n) is 1.70. The van der Waals surface area contributed by atoms with Gasteiger partial charge in [-0.05, 0) is 24.6 Å². The van der Waals surface area contributed by atoms with Gasteiger partial charge in [-0.1, -0.05) is 64.8 Å². The van der Waals surface area contributed by atoms with Gasteiger partial charge in [-0.25, -0.2) is 0 Å². The summed E-state index contributed by atoms with van der Waals surface area (Å²) in [6, 6.07) is 0. The summed E-state index contributed by atoms with van der Waals surface area (Å²) in [7, 11) is 1.89. The Labute approximate surface area is 108 Å². The topological polar surface area (TPSA) is 12.0 Å². The number of nitrogens with one attached hydrogen (secondary N) is 1. The smallest absolute Gasteiger partial charge is 0.0129 e. The van der Waals surface area contributed by atoms with Crippen LogP contribution in [0.1, 0.15) is 27.2 Å². The lowest BCUT2D eigenvalue weighted by Crippen LogP contribution is -2.02. The van der Waals surface area contributed by atoms with Gasteiger partial charge in [0.05, 0.1) is 0 Å². The molecule has 0 radical (unpaired) electrons. The summed E-state index contributed by atoms with van der Waals surface area (Å²) in [6.45, 7) is 21.6. The van der Waals surface area contributed by atoms with Crippen LogP contribution in [0.25, 0.3) is 0 Å². The first-order valence-corrected chi connectivity index (χ1v) is 6.06. The van der Waals surface area contributed by atoms with Crippen LogP contribution < -0.4 is 5.32 Å². The summed E-state index contributed by atoms with van der Waals surface area (Å²) >= 11 is 0. The van der Waals surface area contributed by atoms with Crippen molar-refractivity contribution in [3.05, 3.63) is 61.8 Å². The van der Waals surface area contributed by atoms with Gasteiger partial charge >= 0.3 is 0 Å². The average Bonchev–Trinajstić information content (AvgIpc) is 2.39. The van der Waals surface area contributed by atoms with E-state index in [4.69, 9.17) is 0 Å². The number of hydrogen-bond acceptors (Lipinski definition) is 1. The van der Waals surface area contributed by atoms with Crippen LogP contribution >= 0.6 is 0 Å². The van der Waals surface area contributed by atoms with Crippen LogP contribution in [0.4, 0.5) is 0 Å². The van der Waals surface area contributed by atoms with Crippen molar-refractivity contribution in [1.82, 2.24) is 5.32 Å². The number of hydrogen-bond donors (Lipinski definition) is 1. The van der Waals surface area contributed by atoms with E-state index in [0.717, 1.165) is 24.1 Å². The van der Waals surface area contributed by atoms with Crippen molar-refractivity contribution >= 4 is 0 Å². The zero-order valence-corrected chi connectivity index (χ0v) is 12.1. The SMILES string of the molecule is C=C/C=C(\C=C)C(=C)CC.C=CCNC.CC. The Kier molecular flexibility index (Phi) is 24.9. The van der Waals surface area contributed by atoms with E-state index in [1.54, 1.807) is 12.2 Å². The van der Waals surface area contributed by atoms with Crippen molar-refractivity contribution in [1.29, 1.82) is 0 Å². The monoisotopic (exact) mass is 235 g/mol. The second-order valence-corrected chi connectivity index (χ2v) is 2.87. The lowest BCUT2D eigenvalue weighted by molar-refractivity contribution is 0.921. The highest BCUT2D eigenvalue weighted by molar-refractivity contribution is 5.38. The van der Waals surface area contributed by atoms with Crippen LogP contribution in [0.15, 0.2) is 61.8 Å². The third kappa shape index (κ3) is 17.3. The number of likely N-dealkylation sites (N-methyl/N-ethyl adjacent to an activating group) is 1. The van der Waals surface area contributed by atoms with Crippen LogP contribution in [-0.2, 0) is 0 Å². The molecule has 0 spiro atoms. The highest BCUT2D eigenvalue weighted by atomic mass is 14.8. The van der Waals surface area contributed by atoms with E-state index in [9.17, 15) is 0 Å². The molecule has 17 heavy (non-hydrogen) atoms. The maximum atomic E-state index is 3.88. The molecule has 0 aromatic heterocycles. The van der Waals surface area contributed by atoms with Crippen molar-refractivity contribution in [2.45, 2.75) is 27.2 Å². The van der Waals surface area contributed by atoms with Crippen LogP contribution in [0.3, 0.4) is 0 Å². The summed E-state index contributed by atoms with van der Waals surface area (Å²) in [5, 5.41) is 2.90. The van der Waals surface area contributed by atoms with Gasteiger partial charge in [0.25, 0.3) is 0 Å². The molecule has 98 valence electrons. The fourth-order valence-corrected chi connectivity index (χ4v) is 0.806. The predicted octanol–water partition coefficient (Wildman–Crippen LogP) is 4.67. The Balaban J connectivity index is -0.000000236. The molecule has 1 nitrogen and oxygen atoms in total. The lowest BCUT2D eigenvalue weighted by atomic mass is 10.1. The molecule has 0 saturated heterocycles. The molecule has 0 unspecified atom stereocenters. The van der Waals surface area contributed by atoms with Gasteiger partial charge in [-0.15, -0.1) is 6.58 Å². The molecule has 1 N–H and O–H groups in total. The molecule has 0 aliphatic carbocycles. The Morgan fingerprint density at radius 1 is 1.18 bits per heavy atom. The number of rotatable bonds is 6. The van der Waals surface area contributed by atoms with Crippen LogP contribution in [0, 0.1) is 0 Å². The molecule has 0 fully saturated rings. The van der Waals surface area contributed by atoms with Gasteiger partial charge in [-0.3, -0.25) is 0 Å². The Morgan fingerprint density at radius 2 is 1.71 bits per heavy atom. The predicted molar refractivity (Wildman–Crippen MR) is 83.4 cm³/mol. The van der Waals surface area contributed by atoms with Crippen molar-refractivity contribution < 1.29 is 0 Å². The molecule has 0 heterocycles. The van der Waals surface area contributed by atoms with Crippen molar-refractivity contribution in [2.24, 2.45) is 0 Å². The maximum Gasteiger partial charge on any atom is 0.0129 e. The van der Waals surface area contributed by atoms with E-state index in [2.05, 4.69) is 38.6 Å². The summed E-state index contributed by atoms with van der Waals surface area (Å²) < 4.78 is 0. The summed E-state index contributed by atoms with van der Waals surface area (Å²) in [4.78, 5) is 0. The highest BCUT2D eigenvalue weighted by Crippen LogP contribution is 2.11. The van der Waals surface area contributed by atoms with Gasteiger partial charge in [0, 0.05) is 6.54 Å². The lowest BCUT2D eigenvalue weighted by Gasteiger charge is -2.00. The first-order chi connectivity index (χ1) is 8.17. The minimum Gasteiger partial charge on any atom is -0.316 e. The zero-order chi connectivity index (χ0) is 14.1. The van der Waals surface area contributed by atoms with Gasteiger partial charge < -0.3 is 5.32 Å². The summed E-state index contributed by atoms with van der Waals surface area (Å²) in [6.07, 6.45) is 8.25. The average molecular weight is 235 g/mol. The third-order valence-corrected chi connectivity index (χ3v) is 1.70. The van der Waals surface area contributed by atoms with Crippen molar-refractivity contribution in [3.63, 3.8) is 0 Å². The molecule has 0 saturated carbocycles. The Morgan fingerprint density at radius 3 is 1.88 bits per heavy atom. The quantitative estimate of drug-likeness (QED) is 0.521. The van der Waals surface area contributed by atoms with Gasteiger partial charge in [0.15, 0.2) is 0 Å². The molecule has 0 aliphatic heterocycles. The van der Waals surface area contributed by atoms with Crippen LogP contribution in [0.5, 0.6) is 0 Å². The van der Waals surface area contributed by atoms with E-state index in [-0.39, 0.29) is 0 Å². The van der Waals surface area contributed by atoms with E-state index < -0.39 is 0 Å². The van der Waals surface area contributed by atoms with Crippen molar-refractivity contribution in [2.75, 3.05) is 13.6 Å². The fourth-order valence-electron chi connectivity index (χ4n) is 0.806. The van der Waals surface area contributed by atoms with Crippen molar-refractivity contribution in [3.8, 4) is 0 Å². The molecule has 0 amide bonds. The van der Waals surface area contributed by atoms with Crippen LogP contribution in [-0.4, -0.2) is 13.6 Å². The second-order valence-electron chi connectivity index (χ2n) is 2.87. The van der Waals surface area contributed by atoms with E-state index in [0.29, 0.717) is 0 Å². The largest absolute Gasteiger partial charge is 0.316 e. The summed E-state index contributed by atoms with van der Waals surface area (Å²) in [5.41, 5.74) is 2.19. The first kappa shape index (κ1) is 21.0. The minimum absolute atomic E-state index is 0.903. The molecule has 0 atom stereocenters. The standard InChI is InChI=1S/C10H14.C4H9N.C2H6/c1-5-8-10(7-3)9(4)6-2;1-3-4-5-2;1-2/h5,7-8H,1,3-4,6H2,2H3;3,5H,1,4H2,2H3;1-2H3/b10-8+;;. The Hall–Kier alpha value is -1.34. The number of allylic oxidation sites excluding steroid dienone is 5. The molecule has 0 aromatic rings. The normalized spacial score (nSPS) is 8.82. The zero-order valence-electron chi connectivity index (χ0n) is 12.1. The molecule has 0 bridgehead atoms. The van der Waals surface area contributed by atoms with E-state index >= 15 is 0 Å². The second kappa shape index (κ2) is 20.1. The summed E-state index contributed by atoms with van der Waals surface area (Å²) in [5.74, 6) is 0. The molecule has 0 aromatic carbocycles. The molecule has 1 heteroatoms. The minimum atomic E-state index is 0.903. The molecular weight excluding hydrogens is 206 g/mol. The van der Waals surface area contributed by atoms with Gasteiger partial charge in [0.1, 0.15) is 0 Å². The molecule has 0 aliphatic rings. The van der Waals surface area contributed by atoms with Crippen LogP contribution in [0.2, 0.25) is 0 Å². The Bertz CT molecular complexity index is 234.